The second-order valence-electron chi connectivity index (χ2n) is 5.48. The van der Waals surface area contributed by atoms with Crippen molar-refractivity contribution in [1.82, 2.24) is 9.38 Å². The molecule has 0 bridgehead atoms. The lowest BCUT2D eigenvalue weighted by atomic mass is 10.0. The van der Waals surface area contributed by atoms with E-state index >= 15 is 0 Å². The molecule has 1 aliphatic carbocycles. The number of aromatic nitrogens is 2. The Morgan fingerprint density at radius 3 is 2.86 bits per heavy atom. The lowest BCUT2D eigenvalue weighted by molar-refractivity contribution is 0.275. The van der Waals surface area contributed by atoms with Crippen molar-refractivity contribution in [2.75, 3.05) is 0 Å². The number of aryl methyl sites for hydroxylation is 1. The molecule has 3 aromatic rings. The van der Waals surface area contributed by atoms with Gasteiger partial charge in [0.25, 0.3) is 0 Å². The van der Waals surface area contributed by atoms with E-state index in [1.54, 1.807) is 0 Å². The molecule has 3 nitrogen and oxygen atoms in total. The molecule has 1 aromatic carbocycles. The summed E-state index contributed by atoms with van der Waals surface area (Å²) < 4.78 is 1.96. The van der Waals surface area contributed by atoms with E-state index in [0.29, 0.717) is 0 Å². The number of allylic oxidation sites excluding steroid dienone is 2. The summed E-state index contributed by atoms with van der Waals surface area (Å²) in [6, 6.07) is 12.4. The maximum Gasteiger partial charge on any atom is 0.144 e. The normalized spacial score (nSPS) is 14.9. The van der Waals surface area contributed by atoms with Crippen LogP contribution in [0.1, 0.15) is 28.1 Å². The zero-order valence-corrected chi connectivity index (χ0v) is 12.3. The van der Waals surface area contributed by atoms with Crippen LogP contribution in [-0.2, 0) is 6.61 Å². The molecule has 0 saturated heterocycles. The number of rotatable bonds is 2. The Labute approximate surface area is 128 Å². The number of aliphatic hydroxyl groups excluding tert-OH is 1. The molecular formula is C19H16N2O. The smallest absolute Gasteiger partial charge is 0.144 e. The van der Waals surface area contributed by atoms with Crippen LogP contribution in [0.3, 0.4) is 0 Å². The first-order valence-electron chi connectivity index (χ1n) is 7.34. The zero-order valence-electron chi connectivity index (χ0n) is 12.3. The van der Waals surface area contributed by atoms with Crippen molar-refractivity contribution in [3.63, 3.8) is 0 Å². The van der Waals surface area contributed by atoms with Gasteiger partial charge in [-0.25, -0.2) is 4.98 Å². The number of hydrogen-bond acceptors (Lipinski definition) is 2. The van der Waals surface area contributed by atoms with Crippen LogP contribution in [0, 0.1) is 6.92 Å². The van der Waals surface area contributed by atoms with Gasteiger partial charge in [-0.2, -0.15) is 0 Å². The summed E-state index contributed by atoms with van der Waals surface area (Å²) >= 11 is 0. The standard InChI is InChI=1S/C19H16N2O/c1-13-18(12-22)21-10-4-6-16(19(21)20-13)11-15-9-8-14-5-2-3-7-17(14)15/h2-11,22H,12H2,1H3. The number of pyridine rings is 1. The average molecular weight is 288 g/mol. The van der Waals surface area contributed by atoms with Gasteiger partial charge in [0.1, 0.15) is 5.65 Å². The molecule has 4 rings (SSSR count). The molecule has 0 atom stereocenters. The third-order valence-electron chi connectivity index (χ3n) is 4.15. The van der Waals surface area contributed by atoms with Crippen LogP contribution in [0.25, 0.3) is 23.4 Å². The highest BCUT2D eigenvalue weighted by Gasteiger charge is 2.13. The second-order valence-corrected chi connectivity index (χ2v) is 5.48. The Kier molecular flexibility index (Phi) is 2.94. The Morgan fingerprint density at radius 1 is 1.14 bits per heavy atom. The van der Waals surface area contributed by atoms with E-state index in [1.807, 2.05) is 23.6 Å². The number of hydrogen-bond donors (Lipinski definition) is 1. The number of benzene rings is 1. The molecule has 108 valence electrons. The van der Waals surface area contributed by atoms with Gasteiger partial charge >= 0.3 is 0 Å². The van der Waals surface area contributed by atoms with E-state index in [0.717, 1.165) is 22.6 Å². The molecular weight excluding hydrogens is 272 g/mol. The highest BCUT2D eigenvalue weighted by atomic mass is 16.3. The maximum absolute atomic E-state index is 9.52. The SMILES string of the molecule is Cc1nc2c(C=C3C=Cc4ccccc43)cccn2c1CO. The Hall–Kier alpha value is -2.65. The molecule has 0 aliphatic heterocycles. The van der Waals surface area contributed by atoms with E-state index in [4.69, 9.17) is 0 Å². The number of aliphatic hydroxyl groups is 1. The van der Waals surface area contributed by atoms with Gasteiger partial charge in [0.2, 0.25) is 0 Å². The fraction of sp³-hybridized carbons (Fsp3) is 0.105. The van der Waals surface area contributed by atoms with Gasteiger partial charge in [0.05, 0.1) is 18.0 Å². The van der Waals surface area contributed by atoms with Crippen LogP contribution in [0.15, 0.2) is 48.7 Å². The van der Waals surface area contributed by atoms with E-state index < -0.39 is 0 Å². The van der Waals surface area contributed by atoms with Gasteiger partial charge < -0.3 is 9.51 Å². The lowest BCUT2D eigenvalue weighted by Crippen LogP contribution is -1.94. The third-order valence-corrected chi connectivity index (χ3v) is 4.15. The quantitative estimate of drug-likeness (QED) is 0.780. The van der Waals surface area contributed by atoms with E-state index in [-0.39, 0.29) is 6.61 Å². The first-order valence-corrected chi connectivity index (χ1v) is 7.34. The fourth-order valence-corrected chi connectivity index (χ4v) is 3.02. The fourth-order valence-electron chi connectivity index (χ4n) is 3.02. The average Bonchev–Trinajstić information content (AvgIpc) is 3.08. The van der Waals surface area contributed by atoms with Crippen molar-refractivity contribution in [2.45, 2.75) is 13.5 Å². The number of nitrogens with zero attached hydrogens (tertiary/aromatic N) is 2. The van der Waals surface area contributed by atoms with Gasteiger partial charge in [-0.05, 0) is 41.8 Å². The Balaban J connectivity index is 1.90. The summed E-state index contributed by atoms with van der Waals surface area (Å²) in [4.78, 5) is 4.62. The van der Waals surface area contributed by atoms with Crippen molar-refractivity contribution in [3.8, 4) is 0 Å². The monoisotopic (exact) mass is 288 g/mol. The highest BCUT2D eigenvalue weighted by Crippen LogP contribution is 2.31. The van der Waals surface area contributed by atoms with E-state index in [1.165, 1.54) is 16.7 Å². The van der Waals surface area contributed by atoms with Crippen molar-refractivity contribution >= 4 is 23.4 Å². The zero-order chi connectivity index (χ0) is 15.1. The van der Waals surface area contributed by atoms with Crippen LogP contribution >= 0.6 is 0 Å². The van der Waals surface area contributed by atoms with Crippen LogP contribution in [0.2, 0.25) is 0 Å². The van der Waals surface area contributed by atoms with Gasteiger partial charge in [0.15, 0.2) is 0 Å². The van der Waals surface area contributed by atoms with Crippen LogP contribution < -0.4 is 0 Å². The maximum atomic E-state index is 9.52. The molecule has 2 heterocycles. The van der Waals surface area contributed by atoms with Crippen molar-refractivity contribution in [3.05, 3.63) is 76.7 Å². The minimum Gasteiger partial charge on any atom is -0.390 e. The molecule has 1 aliphatic rings. The number of imidazole rings is 1. The molecule has 2 aromatic heterocycles. The molecule has 0 spiro atoms. The minimum atomic E-state index is -0.00421. The first-order chi connectivity index (χ1) is 10.8. The summed E-state index contributed by atoms with van der Waals surface area (Å²) in [5, 5.41) is 9.52. The molecule has 0 fully saturated rings. The molecule has 0 amide bonds. The summed E-state index contributed by atoms with van der Waals surface area (Å²) in [6.45, 7) is 1.93. The highest BCUT2D eigenvalue weighted by molar-refractivity contribution is 5.98. The van der Waals surface area contributed by atoms with Gasteiger partial charge in [0, 0.05) is 11.8 Å². The van der Waals surface area contributed by atoms with Crippen LogP contribution in [0.4, 0.5) is 0 Å². The van der Waals surface area contributed by atoms with Crippen molar-refractivity contribution in [1.29, 1.82) is 0 Å². The molecule has 1 N–H and O–H groups in total. The second kappa shape index (κ2) is 4.97. The van der Waals surface area contributed by atoms with Gasteiger partial charge in [-0.15, -0.1) is 0 Å². The largest absolute Gasteiger partial charge is 0.390 e. The third kappa shape index (κ3) is 1.90. The number of fused-ring (bicyclic) bond motifs is 2. The Morgan fingerprint density at radius 2 is 2.00 bits per heavy atom. The van der Waals surface area contributed by atoms with Gasteiger partial charge in [-0.3, -0.25) is 0 Å². The molecule has 3 heteroatoms. The first kappa shape index (κ1) is 13.0. The van der Waals surface area contributed by atoms with Crippen molar-refractivity contribution < 1.29 is 5.11 Å². The molecule has 0 unspecified atom stereocenters. The van der Waals surface area contributed by atoms with Crippen LogP contribution in [0.5, 0.6) is 0 Å². The van der Waals surface area contributed by atoms with Crippen LogP contribution in [-0.4, -0.2) is 14.5 Å². The summed E-state index contributed by atoms with van der Waals surface area (Å²) in [7, 11) is 0. The molecule has 0 saturated carbocycles. The van der Waals surface area contributed by atoms with Crippen molar-refractivity contribution in [2.24, 2.45) is 0 Å². The predicted molar refractivity (Wildman–Crippen MR) is 89.2 cm³/mol. The topological polar surface area (TPSA) is 37.5 Å². The lowest BCUT2D eigenvalue weighted by Gasteiger charge is -2.04. The summed E-state index contributed by atoms with van der Waals surface area (Å²) in [6.07, 6.45) is 8.38. The van der Waals surface area contributed by atoms with Gasteiger partial charge in [-0.1, -0.05) is 36.4 Å². The summed E-state index contributed by atoms with van der Waals surface area (Å²) in [5.74, 6) is 0. The molecule has 22 heavy (non-hydrogen) atoms. The van der Waals surface area contributed by atoms with E-state index in [9.17, 15) is 5.11 Å². The Bertz CT molecular complexity index is 932. The van der Waals surface area contributed by atoms with E-state index in [2.05, 4.69) is 53.5 Å². The predicted octanol–water partition coefficient (Wildman–Crippen LogP) is 3.70. The molecule has 0 radical (unpaired) electrons. The minimum absolute atomic E-state index is 0.00421. The summed E-state index contributed by atoms with van der Waals surface area (Å²) in [5.41, 5.74) is 7.34.